The second-order valence-electron chi connectivity index (χ2n) is 7.07. The standard InChI is InChI=1S/C24H23FN2O2.ClH/c1-16-17(2)27(14-18-6-10-21(28-3)11-7-18)24-22(12-13-26-23(16)24)29-15-19-4-8-20(25)9-5-19;/h4-13H,14-15H2,1-3H3;1H. The molecule has 156 valence electrons. The average Bonchev–Trinajstić information content (AvgIpc) is 2.99. The van der Waals surface area contributed by atoms with Gasteiger partial charge in [0.25, 0.3) is 0 Å². The van der Waals surface area contributed by atoms with E-state index < -0.39 is 0 Å². The Hall–Kier alpha value is -3.05. The Balaban J connectivity index is 0.00000256. The Morgan fingerprint density at radius 2 is 1.60 bits per heavy atom. The van der Waals surface area contributed by atoms with Crippen molar-refractivity contribution >= 4 is 23.4 Å². The van der Waals surface area contributed by atoms with Crippen LogP contribution in [0, 0.1) is 19.7 Å². The highest BCUT2D eigenvalue weighted by Gasteiger charge is 2.17. The lowest BCUT2D eigenvalue weighted by Crippen LogP contribution is -2.04. The van der Waals surface area contributed by atoms with Gasteiger partial charge in [0.15, 0.2) is 0 Å². The van der Waals surface area contributed by atoms with Gasteiger partial charge >= 0.3 is 0 Å². The Labute approximate surface area is 181 Å². The van der Waals surface area contributed by atoms with Crippen molar-refractivity contribution in [3.63, 3.8) is 0 Å². The summed E-state index contributed by atoms with van der Waals surface area (Å²) in [6, 6.07) is 16.3. The molecule has 0 atom stereocenters. The van der Waals surface area contributed by atoms with Crippen LogP contribution >= 0.6 is 12.4 Å². The lowest BCUT2D eigenvalue weighted by atomic mass is 10.2. The molecule has 2 aromatic heterocycles. The van der Waals surface area contributed by atoms with Crippen LogP contribution in [0.3, 0.4) is 0 Å². The van der Waals surface area contributed by atoms with Crippen molar-refractivity contribution in [3.8, 4) is 11.5 Å². The van der Waals surface area contributed by atoms with Gasteiger partial charge in [0.05, 0.1) is 12.6 Å². The first-order chi connectivity index (χ1) is 14.1. The first kappa shape index (κ1) is 21.7. The molecule has 0 saturated heterocycles. The maximum atomic E-state index is 13.2. The van der Waals surface area contributed by atoms with Gasteiger partial charge in [-0.25, -0.2) is 4.39 Å². The molecule has 0 aliphatic rings. The number of methoxy groups -OCH3 is 1. The number of ether oxygens (including phenoxy) is 2. The Morgan fingerprint density at radius 3 is 2.27 bits per heavy atom. The molecule has 6 heteroatoms. The predicted molar refractivity (Wildman–Crippen MR) is 119 cm³/mol. The van der Waals surface area contributed by atoms with Crippen LogP contribution in [0.2, 0.25) is 0 Å². The average molecular weight is 427 g/mol. The summed E-state index contributed by atoms with van der Waals surface area (Å²) in [5.74, 6) is 1.35. The van der Waals surface area contributed by atoms with Gasteiger partial charge < -0.3 is 14.0 Å². The third-order valence-electron chi connectivity index (χ3n) is 5.27. The van der Waals surface area contributed by atoms with E-state index in [-0.39, 0.29) is 18.2 Å². The third kappa shape index (κ3) is 4.26. The van der Waals surface area contributed by atoms with E-state index in [1.807, 2.05) is 18.2 Å². The van der Waals surface area contributed by atoms with Crippen LogP contribution in [0.5, 0.6) is 11.5 Å². The summed E-state index contributed by atoms with van der Waals surface area (Å²) in [5, 5.41) is 0. The van der Waals surface area contributed by atoms with Crippen LogP contribution < -0.4 is 9.47 Å². The molecule has 0 fully saturated rings. The molecule has 0 radical (unpaired) electrons. The van der Waals surface area contributed by atoms with Crippen LogP contribution in [-0.4, -0.2) is 16.7 Å². The summed E-state index contributed by atoms with van der Waals surface area (Å²) in [6.07, 6.45) is 1.77. The molecule has 0 saturated carbocycles. The van der Waals surface area contributed by atoms with Crippen LogP contribution in [0.25, 0.3) is 11.0 Å². The molecule has 0 aliphatic heterocycles. The fourth-order valence-corrected chi connectivity index (χ4v) is 3.48. The van der Waals surface area contributed by atoms with E-state index in [4.69, 9.17) is 9.47 Å². The molecule has 0 unspecified atom stereocenters. The molecule has 0 aliphatic carbocycles. The molecular formula is C24H24ClFN2O2. The van der Waals surface area contributed by atoms with Crippen molar-refractivity contribution in [1.29, 1.82) is 0 Å². The Bertz CT molecular complexity index is 1140. The summed E-state index contributed by atoms with van der Waals surface area (Å²) in [4.78, 5) is 4.59. The summed E-state index contributed by atoms with van der Waals surface area (Å²) < 4.78 is 26.8. The highest BCUT2D eigenvalue weighted by atomic mass is 35.5. The van der Waals surface area contributed by atoms with Crippen LogP contribution in [-0.2, 0) is 13.2 Å². The van der Waals surface area contributed by atoms with E-state index in [0.29, 0.717) is 13.2 Å². The topological polar surface area (TPSA) is 36.3 Å². The van der Waals surface area contributed by atoms with E-state index >= 15 is 0 Å². The Morgan fingerprint density at radius 1 is 0.933 bits per heavy atom. The molecule has 30 heavy (non-hydrogen) atoms. The van der Waals surface area contributed by atoms with Crippen molar-refractivity contribution in [2.75, 3.05) is 7.11 Å². The highest BCUT2D eigenvalue weighted by Crippen LogP contribution is 2.32. The molecule has 2 heterocycles. The number of aromatic nitrogens is 2. The second-order valence-corrected chi connectivity index (χ2v) is 7.07. The van der Waals surface area contributed by atoms with Crippen LogP contribution in [0.15, 0.2) is 60.8 Å². The van der Waals surface area contributed by atoms with Gasteiger partial charge in [-0.2, -0.15) is 0 Å². The fraction of sp³-hybridized carbons (Fsp3) is 0.208. The normalized spacial score (nSPS) is 10.7. The molecule has 4 rings (SSSR count). The first-order valence-electron chi connectivity index (χ1n) is 9.51. The van der Waals surface area contributed by atoms with Gasteiger partial charge in [-0.05, 0) is 54.8 Å². The second kappa shape index (κ2) is 9.18. The maximum absolute atomic E-state index is 13.2. The third-order valence-corrected chi connectivity index (χ3v) is 5.27. The van der Waals surface area contributed by atoms with Gasteiger partial charge in [0, 0.05) is 24.5 Å². The lowest BCUT2D eigenvalue weighted by Gasteiger charge is -2.13. The van der Waals surface area contributed by atoms with Crippen molar-refractivity contribution in [1.82, 2.24) is 9.55 Å². The quantitative estimate of drug-likeness (QED) is 0.388. The molecule has 0 bridgehead atoms. The SMILES string of the molecule is COc1ccc(Cn2c(C)c(C)c3nccc(OCc4ccc(F)cc4)c32)cc1.Cl. The number of aryl methyl sites for hydroxylation is 1. The number of fused-ring (bicyclic) bond motifs is 1. The van der Waals surface area contributed by atoms with Gasteiger partial charge in [0.2, 0.25) is 0 Å². The molecule has 0 N–H and O–H groups in total. The summed E-state index contributed by atoms with van der Waals surface area (Å²) in [6.45, 7) is 5.26. The smallest absolute Gasteiger partial charge is 0.147 e. The Kier molecular flexibility index (Phi) is 6.63. The molecular weight excluding hydrogens is 403 g/mol. The zero-order chi connectivity index (χ0) is 20.4. The number of hydrogen-bond donors (Lipinski definition) is 0. The summed E-state index contributed by atoms with van der Waals surface area (Å²) in [5.41, 5.74) is 6.28. The van der Waals surface area contributed by atoms with Crippen LogP contribution in [0.1, 0.15) is 22.4 Å². The minimum atomic E-state index is -0.250. The minimum Gasteiger partial charge on any atom is -0.497 e. The van der Waals surface area contributed by atoms with E-state index in [9.17, 15) is 4.39 Å². The maximum Gasteiger partial charge on any atom is 0.147 e. The van der Waals surface area contributed by atoms with E-state index in [0.717, 1.165) is 39.4 Å². The zero-order valence-electron chi connectivity index (χ0n) is 17.2. The van der Waals surface area contributed by atoms with Crippen molar-refractivity contribution in [2.45, 2.75) is 27.0 Å². The monoisotopic (exact) mass is 426 g/mol. The largest absolute Gasteiger partial charge is 0.497 e. The molecule has 4 nitrogen and oxygen atoms in total. The number of hydrogen-bond acceptors (Lipinski definition) is 3. The number of halogens is 2. The minimum absolute atomic E-state index is 0. The highest BCUT2D eigenvalue weighted by molar-refractivity contribution is 5.86. The van der Waals surface area contributed by atoms with Crippen molar-refractivity contribution < 1.29 is 13.9 Å². The summed E-state index contributed by atoms with van der Waals surface area (Å²) in [7, 11) is 1.67. The van der Waals surface area contributed by atoms with E-state index in [1.165, 1.54) is 17.7 Å². The lowest BCUT2D eigenvalue weighted by molar-refractivity contribution is 0.308. The van der Waals surface area contributed by atoms with Gasteiger partial charge in [-0.1, -0.05) is 24.3 Å². The zero-order valence-corrected chi connectivity index (χ0v) is 18.0. The van der Waals surface area contributed by atoms with E-state index in [2.05, 4.69) is 35.5 Å². The van der Waals surface area contributed by atoms with Gasteiger partial charge in [-0.15, -0.1) is 12.4 Å². The van der Waals surface area contributed by atoms with Crippen LogP contribution in [0.4, 0.5) is 4.39 Å². The number of rotatable bonds is 6. The van der Waals surface area contributed by atoms with Crippen molar-refractivity contribution in [2.24, 2.45) is 0 Å². The first-order valence-corrected chi connectivity index (χ1v) is 9.51. The molecule has 0 spiro atoms. The molecule has 0 amide bonds. The van der Waals surface area contributed by atoms with E-state index in [1.54, 1.807) is 25.4 Å². The number of benzene rings is 2. The predicted octanol–water partition coefficient (Wildman–Crippen LogP) is 5.85. The number of pyridine rings is 1. The van der Waals surface area contributed by atoms with Gasteiger partial charge in [0.1, 0.15) is 29.4 Å². The molecule has 2 aromatic carbocycles. The summed E-state index contributed by atoms with van der Waals surface area (Å²) >= 11 is 0. The van der Waals surface area contributed by atoms with Gasteiger partial charge in [-0.3, -0.25) is 4.98 Å². The number of nitrogens with zero attached hydrogens (tertiary/aromatic N) is 2. The fourth-order valence-electron chi connectivity index (χ4n) is 3.48. The van der Waals surface area contributed by atoms with Crippen molar-refractivity contribution in [3.05, 3.63) is 89.0 Å². The molecule has 4 aromatic rings.